The molecule has 2 N–H and O–H groups in total. The molecule has 0 aliphatic heterocycles. The molecule has 0 amide bonds. The van der Waals surface area contributed by atoms with Crippen LogP contribution in [0.15, 0.2) is 24.4 Å². The minimum absolute atomic E-state index is 0.730. The van der Waals surface area contributed by atoms with Crippen LogP contribution >= 0.6 is 0 Å². The van der Waals surface area contributed by atoms with Crippen molar-refractivity contribution in [3.63, 3.8) is 0 Å². The van der Waals surface area contributed by atoms with Crippen LogP contribution in [0.25, 0.3) is 0 Å². The van der Waals surface area contributed by atoms with Crippen LogP contribution < -0.4 is 10.6 Å². The monoisotopic (exact) mass is 221 g/mol. The van der Waals surface area contributed by atoms with Gasteiger partial charge in [0.1, 0.15) is 0 Å². The standard InChI is InChI=1S/C13H23N3/c1-3-12(10-14-2)11-15-9-7-13-6-4-5-8-16-13/h4-6,8,12,14-15H,3,7,9-11H2,1-2H3. The maximum Gasteiger partial charge on any atom is 0.0416 e. The summed E-state index contributed by atoms with van der Waals surface area (Å²) in [6, 6.07) is 6.07. The first-order valence-corrected chi connectivity index (χ1v) is 6.12. The van der Waals surface area contributed by atoms with E-state index in [1.54, 1.807) is 0 Å². The van der Waals surface area contributed by atoms with E-state index >= 15 is 0 Å². The molecule has 0 aromatic carbocycles. The first-order chi connectivity index (χ1) is 7.86. The van der Waals surface area contributed by atoms with Gasteiger partial charge in [-0.3, -0.25) is 4.98 Å². The van der Waals surface area contributed by atoms with Crippen molar-refractivity contribution in [2.24, 2.45) is 5.92 Å². The molecule has 1 rings (SSSR count). The molecule has 0 spiro atoms. The van der Waals surface area contributed by atoms with Crippen molar-refractivity contribution in [1.82, 2.24) is 15.6 Å². The van der Waals surface area contributed by atoms with Gasteiger partial charge in [-0.2, -0.15) is 0 Å². The fraction of sp³-hybridized carbons (Fsp3) is 0.615. The summed E-state index contributed by atoms with van der Waals surface area (Å²) in [7, 11) is 2.01. The van der Waals surface area contributed by atoms with E-state index in [1.165, 1.54) is 6.42 Å². The molecule has 1 aromatic heterocycles. The van der Waals surface area contributed by atoms with Gasteiger partial charge in [0.15, 0.2) is 0 Å². The van der Waals surface area contributed by atoms with Crippen LogP contribution in [-0.4, -0.2) is 31.7 Å². The van der Waals surface area contributed by atoms with Gasteiger partial charge in [0.05, 0.1) is 0 Å². The number of hydrogen-bond donors (Lipinski definition) is 2. The van der Waals surface area contributed by atoms with Crippen molar-refractivity contribution in [2.75, 3.05) is 26.7 Å². The van der Waals surface area contributed by atoms with Crippen LogP contribution in [0.4, 0.5) is 0 Å². The lowest BCUT2D eigenvalue weighted by Crippen LogP contribution is -2.30. The smallest absolute Gasteiger partial charge is 0.0416 e. The lowest BCUT2D eigenvalue weighted by Gasteiger charge is -2.14. The Morgan fingerprint density at radius 1 is 1.31 bits per heavy atom. The van der Waals surface area contributed by atoms with Crippen molar-refractivity contribution in [3.8, 4) is 0 Å². The van der Waals surface area contributed by atoms with Gasteiger partial charge in [-0.1, -0.05) is 19.4 Å². The molecule has 0 aliphatic carbocycles. The van der Waals surface area contributed by atoms with Crippen LogP contribution in [0.2, 0.25) is 0 Å². The SMILES string of the molecule is CCC(CNC)CNCCc1ccccn1. The lowest BCUT2D eigenvalue weighted by atomic mass is 10.1. The van der Waals surface area contributed by atoms with E-state index in [4.69, 9.17) is 0 Å². The van der Waals surface area contributed by atoms with E-state index in [-0.39, 0.29) is 0 Å². The zero-order valence-corrected chi connectivity index (χ0v) is 10.4. The summed E-state index contributed by atoms with van der Waals surface area (Å²) in [4.78, 5) is 4.30. The normalized spacial score (nSPS) is 12.6. The topological polar surface area (TPSA) is 37.0 Å². The number of pyridine rings is 1. The van der Waals surface area contributed by atoms with Crippen molar-refractivity contribution < 1.29 is 0 Å². The number of rotatable bonds is 8. The van der Waals surface area contributed by atoms with E-state index in [1.807, 2.05) is 25.4 Å². The molecule has 3 heteroatoms. The maximum absolute atomic E-state index is 4.30. The van der Waals surface area contributed by atoms with Crippen LogP contribution in [-0.2, 0) is 6.42 Å². The average Bonchev–Trinajstić information content (AvgIpc) is 2.34. The van der Waals surface area contributed by atoms with Gasteiger partial charge in [0.2, 0.25) is 0 Å². The van der Waals surface area contributed by atoms with Gasteiger partial charge in [-0.25, -0.2) is 0 Å². The Kier molecular flexibility index (Phi) is 6.77. The van der Waals surface area contributed by atoms with Gasteiger partial charge in [-0.05, 0) is 38.2 Å². The third kappa shape index (κ3) is 5.24. The molecular weight excluding hydrogens is 198 g/mol. The molecule has 0 bridgehead atoms. The number of nitrogens with zero attached hydrogens (tertiary/aromatic N) is 1. The van der Waals surface area contributed by atoms with Crippen molar-refractivity contribution in [2.45, 2.75) is 19.8 Å². The molecule has 0 saturated carbocycles. The van der Waals surface area contributed by atoms with E-state index < -0.39 is 0 Å². The molecule has 1 aromatic rings. The lowest BCUT2D eigenvalue weighted by molar-refractivity contribution is 0.446. The Hall–Kier alpha value is -0.930. The molecule has 0 radical (unpaired) electrons. The van der Waals surface area contributed by atoms with Gasteiger partial charge >= 0.3 is 0 Å². The van der Waals surface area contributed by atoms with E-state index in [9.17, 15) is 0 Å². The van der Waals surface area contributed by atoms with Crippen molar-refractivity contribution in [1.29, 1.82) is 0 Å². The second kappa shape index (κ2) is 8.25. The highest BCUT2D eigenvalue weighted by Crippen LogP contribution is 1.98. The summed E-state index contributed by atoms with van der Waals surface area (Å²) >= 11 is 0. The number of nitrogens with one attached hydrogen (secondary N) is 2. The van der Waals surface area contributed by atoms with Crippen LogP contribution in [0, 0.1) is 5.92 Å². The third-order valence-corrected chi connectivity index (χ3v) is 2.79. The van der Waals surface area contributed by atoms with Crippen molar-refractivity contribution >= 4 is 0 Å². The highest BCUT2D eigenvalue weighted by Gasteiger charge is 2.03. The molecule has 90 valence electrons. The molecule has 1 atom stereocenters. The first kappa shape index (κ1) is 13.1. The summed E-state index contributed by atoms with van der Waals surface area (Å²) in [5, 5.41) is 6.71. The fourth-order valence-electron chi connectivity index (χ4n) is 1.72. The Bertz CT molecular complexity index is 261. The molecule has 1 unspecified atom stereocenters. The number of hydrogen-bond acceptors (Lipinski definition) is 3. The fourth-order valence-corrected chi connectivity index (χ4v) is 1.72. The van der Waals surface area contributed by atoms with Gasteiger partial charge in [-0.15, -0.1) is 0 Å². The maximum atomic E-state index is 4.30. The molecular formula is C13H23N3. The van der Waals surface area contributed by atoms with Gasteiger partial charge in [0.25, 0.3) is 0 Å². The number of aromatic nitrogens is 1. The second-order valence-corrected chi connectivity index (χ2v) is 4.11. The largest absolute Gasteiger partial charge is 0.319 e. The highest BCUT2D eigenvalue weighted by atomic mass is 14.9. The van der Waals surface area contributed by atoms with E-state index in [0.29, 0.717) is 0 Å². The molecule has 1 heterocycles. The van der Waals surface area contributed by atoms with E-state index in [2.05, 4.69) is 28.6 Å². The second-order valence-electron chi connectivity index (χ2n) is 4.11. The quantitative estimate of drug-likeness (QED) is 0.653. The van der Waals surface area contributed by atoms with Crippen LogP contribution in [0.3, 0.4) is 0 Å². The minimum Gasteiger partial charge on any atom is -0.319 e. The summed E-state index contributed by atoms with van der Waals surface area (Å²) in [5.74, 6) is 0.730. The Labute approximate surface area is 98.7 Å². The summed E-state index contributed by atoms with van der Waals surface area (Å²) in [5.41, 5.74) is 1.16. The van der Waals surface area contributed by atoms with E-state index in [0.717, 1.165) is 37.7 Å². The van der Waals surface area contributed by atoms with Gasteiger partial charge in [0, 0.05) is 24.9 Å². The average molecular weight is 221 g/mol. The van der Waals surface area contributed by atoms with Gasteiger partial charge < -0.3 is 10.6 Å². The predicted octanol–water partition coefficient (Wildman–Crippen LogP) is 1.46. The minimum atomic E-state index is 0.730. The Morgan fingerprint density at radius 3 is 2.81 bits per heavy atom. The highest BCUT2D eigenvalue weighted by molar-refractivity contribution is 5.03. The zero-order valence-electron chi connectivity index (χ0n) is 10.4. The summed E-state index contributed by atoms with van der Waals surface area (Å²) in [6.07, 6.45) is 4.08. The molecule has 0 fully saturated rings. The zero-order chi connectivity index (χ0) is 11.6. The predicted molar refractivity (Wildman–Crippen MR) is 68.5 cm³/mol. The Balaban J connectivity index is 2.11. The third-order valence-electron chi connectivity index (χ3n) is 2.79. The summed E-state index contributed by atoms with van der Waals surface area (Å²) in [6.45, 7) is 5.43. The van der Waals surface area contributed by atoms with Crippen molar-refractivity contribution in [3.05, 3.63) is 30.1 Å². The first-order valence-electron chi connectivity index (χ1n) is 6.12. The van der Waals surface area contributed by atoms with Crippen LogP contribution in [0.5, 0.6) is 0 Å². The Morgan fingerprint density at radius 2 is 2.19 bits per heavy atom. The molecule has 3 nitrogen and oxygen atoms in total. The molecule has 16 heavy (non-hydrogen) atoms. The molecule has 0 saturated heterocycles. The van der Waals surface area contributed by atoms with Crippen LogP contribution in [0.1, 0.15) is 19.0 Å². The molecule has 0 aliphatic rings. The summed E-state index contributed by atoms with van der Waals surface area (Å²) < 4.78 is 0.